The lowest BCUT2D eigenvalue weighted by atomic mass is 9.74. The Labute approximate surface area is 188 Å². The fraction of sp³-hybridized carbons (Fsp3) is 0.478. The van der Waals surface area contributed by atoms with Crippen LogP contribution in [0.3, 0.4) is 0 Å². The summed E-state index contributed by atoms with van der Waals surface area (Å²) in [5, 5.41) is 4.13. The summed E-state index contributed by atoms with van der Waals surface area (Å²) in [6.07, 6.45) is 3.04. The van der Waals surface area contributed by atoms with Gasteiger partial charge in [0.05, 0.1) is 6.54 Å². The van der Waals surface area contributed by atoms with Crippen LogP contribution in [0.2, 0.25) is 5.02 Å². The molecule has 2 amide bonds. The highest BCUT2D eigenvalue weighted by Crippen LogP contribution is 2.47. The lowest BCUT2D eigenvalue weighted by Gasteiger charge is -2.37. The number of pyridine rings is 1. The zero-order valence-electron chi connectivity index (χ0n) is 18.2. The number of anilines is 2. The van der Waals surface area contributed by atoms with Crippen LogP contribution in [-0.4, -0.2) is 62.6 Å². The van der Waals surface area contributed by atoms with Crippen molar-refractivity contribution in [2.45, 2.75) is 31.5 Å². The molecule has 1 fully saturated rings. The summed E-state index contributed by atoms with van der Waals surface area (Å²) in [6, 6.07) is 10.1. The fourth-order valence-corrected chi connectivity index (χ4v) is 5.02. The molecule has 0 bridgehead atoms. The molecule has 1 aromatic heterocycles. The average molecular weight is 445 g/mol. The normalized spacial score (nSPS) is 20.9. The number of halogens is 1. The summed E-state index contributed by atoms with van der Waals surface area (Å²) in [7, 11) is 3.17. The molecule has 2 aliphatic rings. The third-order valence-electron chi connectivity index (χ3n) is 6.46. The molecule has 1 atom stereocenters. The summed E-state index contributed by atoms with van der Waals surface area (Å²) in [5.74, 6) is 0.838. The number of aromatic nitrogens is 1. The number of benzene rings is 1. The molecule has 0 saturated carbocycles. The minimum atomic E-state index is -0.436. The lowest BCUT2D eigenvalue weighted by molar-refractivity contribution is -0.111. The van der Waals surface area contributed by atoms with Gasteiger partial charge in [-0.1, -0.05) is 30.7 Å². The van der Waals surface area contributed by atoms with Gasteiger partial charge in [0.25, 0.3) is 0 Å². The van der Waals surface area contributed by atoms with E-state index in [4.69, 9.17) is 21.1 Å². The van der Waals surface area contributed by atoms with E-state index >= 15 is 0 Å². The third-order valence-corrected chi connectivity index (χ3v) is 6.77. The van der Waals surface area contributed by atoms with Gasteiger partial charge in [-0.3, -0.25) is 4.90 Å². The Morgan fingerprint density at radius 3 is 2.81 bits per heavy atom. The van der Waals surface area contributed by atoms with Gasteiger partial charge >= 0.3 is 6.03 Å². The first-order chi connectivity index (χ1) is 15.0. The van der Waals surface area contributed by atoms with E-state index in [1.54, 1.807) is 25.3 Å². The summed E-state index contributed by atoms with van der Waals surface area (Å²) < 4.78 is 10.6. The van der Waals surface area contributed by atoms with Crippen LogP contribution in [0.1, 0.15) is 30.9 Å². The molecule has 31 heavy (non-hydrogen) atoms. The van der Waals surface area contributed by atoms with Crippen LogP contribution in [0.5, 0.6) is 0 Å². The number of carbonyl (C=O) groups excluding carboxylic acids is 1. The first kappa shape index (κ1) is 21.9. The molecule has 1 aromatic carbocycles. The van der Waals surface area contributed by atoms with E-state index in [0.29, 0.717) is 24.7 Å². The maximum Gasteiger partial charge on any atom is 0.324 e. The van der Waals surface area contributed by atoms with Gasteiger partial charge in [0.15, 0.2) is 6.29 Å². The highest BCUT2D eigenvalue weighted by Gasteiger charge is 2.42. The average Bonchev–Trinajstić information content (AvgIpc) is 3.20. The number of nitrogens with one attached hydrogen (secondary N) is 1. The number of hydrogen-bond donors (Lipinski definition) is 1. The van der Waals surface area contributed by atoms with Gasteiger partial charge in [-0.15, -0.1) is 0 Å². The van der Waals surface area contributed by atoms with Gasteiger partial charge in [-0.2, -0.15) is 0 Å². The van der Waals surface area contributed by atoms with E-state index in [1.165, 1.54) is 0 Å². The Morgan fingerprint density at radius 1 is 1.26 bits per heavy atom. The molecule has 1 unspecified atom stereocenters. The molecule has 2 aromatic rings. The van der Waals surface area contributed by atoms with Crippen molar-refractivity contribution >= 4 is 29.1 Å². The molecule has 4 rings (SSSR count). The molecular formula is C23H29ClN4O3. The minimum Gasteiger partial charge on any atom is -0.369 e. The highest BCUT2D eigenvalue weighted by molar-refractivity contribution is 6.32. The zero-order valence-corrected chi connectivity index (χ0v) is 19.0. The van der Waals surface area contributed by atoms with Crippen molar-refractivity contribution in [3.8, 4) is 0 Å². The summed E-state index contributed by atoms with van der Waals surface area (Å²) in [5.41, 5.74) is 2.77. The minimum absolute atomic E-state index is 0.0299. The van der Waals surface area contributed by atoms with E-state index in [-0.39, 0.29) is 11.4 Å². The summed E-state index contributed by atoms with van der Waals surface area (Å²) in [4.78, 5) is 21.3. The molecule has 2 aliphatic heterocycles. The summed E-state index contributed by atoms with van der Waals surface area (Å²) >= 11 is 6.61. The monoisotopic (exact) mass is 444 g/mol. The molecule has 1 saturated heterocycles. The standard InChI is InChI=1S/C23H29ClN4O3/c1-4-23(15-26-21-20(23)18(24)9-10-25-21)16-7-5-8-17(13-16)28-12-6-11-27(22(28)29)14-19(30-2)31-3/h5,7-10,13,19H,4,6,11-12,14-15H2,1-3H3,(H,25,26). The number of nitrogens with zero attached hydrogens (tertiary/aromatic N) is 3. The van der Waals surface area contributed by atoms with Crippen LogP contribution in [0.25, 0.3) is 0 Å². The van der Waals surface area contributed by atoms with E-state index in [1.807, 2.05) is 23.1 Å². The third kappa shape index (κ3) is 3.86. The maximum absolute atomic E-state index is 13.2. The maximum atomic E-state index is 13.2. The van der Waals surface area contributed by atoms with Crippen molar-refractivity contribution < 1.29 is 14.3 Å². The first-order valence-corrected chi connectivity index (χ1v) is 11.0. The molecule has 7 nitrogen and oxygen atoms in total. The van der Waals surface area contributed by atoms with Crippen LogP contribution in [0.15, 0.2) is 36.5 Å². The second-order valence-corrected chi connectivity index (χ2v) is 8.40. The topological polar surface area (TPSA) is 66.9 Å². The van der Waals surface area contributed by atoms with Crippen molar-refractivity contribution in [3.63, 3.8) is 0 Å². The van der Waals surface area contributed by atoms with Gasteiger partial charge in [0.2, 0.25) is 0 Å². The molecule has 166 valence electrons. The molecule has 1 N–H and O–H groups in total. The molecule has 8 heteroatoms. The SMILES string of the molecule is CCC1(c2cccc(N3CCCN(CC(OC)OC)C3=O)c2)CNc2nccc(Cl)c21. The van der Waals surface area contributed by atoms with E-state index in [2.05, 4.69) is 29.4 Å². The van der Waals surface area contributed by atoms with Gasteiger partial charge in [0.1, 0.15) is 5.82 Å². The predicted molar refractivity (Wildman–Crippen MR) is 122 cm³/mol. The van der Waals surface area contributed by atoms with Crippen molar-refractivity contribution in [2.24, 2.45) is 0 Å². The summed E-state index contributed by atoms with van der Waals surface area (Å²) in [6.45, 7) is 4.66. The largest absolute Gasteiger partial charge is 0.369 e. The second kappa shape index (κ2) is 9.02. The van der Waals surface area contributed by atoms with Gasteiger partial charge in [0, 0.05) is 61.7 Å². The zero-order chi connectivity index (χ0) is 22.0. The van der Waals surface area contributed by atoms with Crippen molar-refractivity contribution in [1.29, 1.82) is 0 Å². The van der Waals surface area contributed by atoms with Crippen LogP contribution >= 0.6 is 11.6 Å². The van der Waals surface area contributed by atoms with Crippen LogP contribution in [0.4, 0.5) is 16.3 Å². The number of carbonyl (C=O) groups is 1. The van der Waals surface area contributed by atoms with E-state index < -0.39 is 6.29 Å². The molecule has 3 heterocycles. The fourth-order valence-electron chi connectivity index (χ4n) is 4.69. The predicted octanol–water partition coefficient (Wildman–Crippen LogP) is 4.11. The molecule has 0 aliphatic carbocycles. The lowest BCUT2D eigenvalue weighted by Crippen LogP contribution is -2.52. The number of fused-ring (bicyclic) bond motifs is 1. The van der Waals surface area contributed by atoms with Gasteiger partial charge in [-0.05, 0) is 36.6 Å². The Hall–Kier alpha value is -2.35. The van der Waals surface area contributed by atoms with E-state index in [9.17, 15) is 4.79 Å². The molecule has 0 spiro atoms. The molecular weight excluding hydrogens is 416 g/mol. The van der Waals surface area contributed by atoms with E-state index in [0.717, 1.165) is 42.0 Å². The highest BCUT2D eigenvalue weighted by atomic mass is 35.5. The number of rotatable bonds is 7. The number of urea groups is 1. The Balaban J connectivity index is 1.66. The number of methoxy groups -OCH3 is 2. The Kier molecular flexibility index (Phi) is 6.36. The number of ether oxygens (including phenoxy) is 2. The first-order valence-electron chi connectivity index (χ1n) is 10.7. The smallest absolute Gasteiger partial charge is 0.324 e. The van der Waals surface area contributed by atoms with Crippen LogP contribution < -0.4 is 10.2 Å². The molecule has 0 radical (unpaired) electrons. The number of amides is 2. The van der Waals surface area contributed by atoms with Gasteiger partial charge in [-0.25, -0.2) is 9.78 Å². The van der Waals surface area contributed by atoms with Crippen molar-refractivity contribution in [1.82, 2.24) is 9.88 Å². The quantitative estimate of drug-likeness (QED) is 0.651. The Morgan fingerprint density at radius 2 is 2.06 bits per heavy atom. The van der Waals surface area contributed by atoms with Crippen molar-refractivity contribution in [3.05, 3.63) is 52.7 Å². The Bertz CT molecular complexity index is 952. The second-order valence-electron chi connectivity index (χ2n) is 7.99. The van der Waals surface area contributed by atoms with Gasteiger partial charge < -0.3 is 19.7 Å². The number of hydrogen-bond acceptors (Lipinski definition) is 5. The van der Waals surface area contributed by atoms with Crippen molar-refractivity contribution in [2.75, 3.05) is 50.6 Å². The van der Waals surface area contributed by atoms with Crippen LogP contribution in [-0.2, 0) is 14.9 Å². The van der Waals surface area contributed by atoms with Crippen LogP contribution in [0, 0.1) is 0 Å².